The van der Waals surface area contributed by atoms with Crippen molar-refractivity contribution in [3.63, 3.8) is 0 Å². The average molecular weight is 390 g/mol. The Labute approximate surface area is 161 Å². The third kappa shape index (κ3) is 3.13. The van der Waals surface area contributed by atoms with Gasteiger partial charge < -0.3 is 0 Å². The summed E-state index contributed by atoms with van der Waals surface area (Å²) >= 11 is 0. The van der Waals surface area contributed by atoms with Gasteiger partial charge in [-0.2, -0.15) is 8.42 Å². The van der Waals surface area contributed by atoms with Gasteiger partial charge in [0.25, 0.3) is 0 Å². The van der Waals surface area contributed by atoms with Crippen molar-refractivity contribution in [2.24, 2.45) is 17.3 Å². The second kappa shape index (κ2) is 6.45. The number of hydrogen-bond donors (Lipinski definition) is 2. The van der Waals surface area contributed by atoms with Crippen LogP contribution in [0.25, 0.3) is 0 Å². The molecule has 6 heteroatoms. The maximum absolute atomic E-state index is 12.4. The summed E-state index contributed by atoms with van der Waals surface area (Å²) in [4.78, 5) is 12.4. The van der Waals surface area contributed by atoms with Crippen molar-refractivity contribution in [2.45, 2.75) is 58.3 Å². The number of benzene rings is 1. The van der Waals surface area contributed by atoms with Crippen LogP contribution < -0.4 is 4.72 Å². The number of fused-ring (bicyclic) bond motifs is 5. The number of allylic oxidation sites excluding steroid dienone is 2. The van der Waals surface area contributed by atoms with E-state index in [-0.39, 0.29) is 5.41 Å². The Morgan fingerprint density at radius 3 is 2.81 bits per heavy atom. The van der Waals surface area contributed by atoms with Crippen LogP contribution in [-0.4, -0.2) is 18.8 Å². The van der Waals surface area contributed by atoms with Gasteiger partial charge in [0.1, 0.15) is 0 Å². The van der Waals surface area contributed by atoms with Crippen LogP contribution in [-0.2, 0) is 21.5 Å². The normalized spacial score (nSPS) is 32.1. The predicted octanol–water partition coefficient (Wildman–Crippen LogP) is 4.27. The van der Waals surface area contributed by atoms with Gasteiger partial charge in [-0.3, -0.25) is 14.1 Å². The lowest BCUT2D eigenvalue weighted by Gasteiger charge is -2.50. The summed E-state index contributed by atoms with van der Waals surface area (Å²) < 4.78 is 33.3. The highest BCUT2D eigenvalue weighted by atomic mass is 32.2. The topological polar surface area (TPSA) is 83.5 Å². The SMILES string of the molecule is CCC(=O)C1=CCC2C3CCc4cc(NS(=O)(=O)O)ccc4C3CC[C@]12C. The standard InChI is InChI=1S/C21H27NO4S/c1-3-20(23)19-9-8-18-17-6-4-13-12-14(22-27(24,25)26)5-7-15(13)16(17)10-11-21(18,19)2/h5,7,9,12,16-18,22H,3-4,6,8,10-11H2,1-2H3,(H,24,25,26)/t16?,17?,18?,21-/m0/s1. The molecule has 0 aromatic heterocycles. The van der Waals surface area contributed by atoms with Crippen molar-refractivity contribution in [1.82, 2.24) is 0 Å². The van der Waals surface area contributed by atoms with E-state index in [1.807, 2.05) is 19.1 Å². The van der Waals surface area contributed by atoms with Crippen molar-refractivity contribution in [2.75, 3.05) is 4.72 Å². The van der Waals surface area contributed by atoms with Crippen molar-refractivity contribution in [1.29, 1.82) is 0 Å². The molecule has 0 aliphatic heterocycles. The zero-order chi connectivity index (χ0) is 19.4. The van der Waals surface area contributed by atoms with E-state index in [0.29, 0.717) is 35.6 Å². The van der Waals surface area contributed by atoms with Crippen LogP contribution in [0.3, 0.4) is 0 Å². The van der Waals surface area contributed by atoms with Gasteiger partial charge >= 0.3 is 10.3 Å². The van der Waals surface area contributed by atoms with Crippen LogP contribution in [0.4, 0.5) is 5.69 Å². The highest BCUT2D eigenvalue weighted by Crippen LogP contribution is 2.61. The van der Waals surface area contributed by atoms with Crippen LogP contribution in [0.15, 0.2) is 29.8 Å². The van der Waals surface area contributed by atoms with Gasteiger partial charge in [-0.15, -0.1) is 0 Å². The zero-order valence-electron chi connectivity index (χ0n) is 15.9. The minimum atomic E-state index is -4.25. The summed E-state index contributed by atoms with van der Waals surface area (Å²) in [6.45, 7) is 4.23. The average Bonchev–Trinajstić information content (AvgIpc) is 2.96. The predicted molar refractivity (Wildman–Crippen MR) is 105 cm³/mol. The van der Waals surface area contributed by atoms with E-state index in [2.05, 4.69) is 17.7 Å². The fourth-order valence-corrected chi connectivity index (χ4v) is 6.41. The Balaban J connectivity index is 1.61. The Morgan fingerprint density at radius 1 is 1.33 bits per heavy atom. The van der Waals surface area contributed by atoms with Crippen LogP contribution in [0, 0.1) is 17.3 Å². The molecule has 3 aliphatic carbocycles. The maximum atomic E-state index is 12.4. The van der Waals surface area contributed by atoms with Gasteiger partial charge in [0, 0.05) is 6.42 Å². The molecular weight excluding hydrogens is 362 g/mol. The number of hydrogen-bond acceptors (Lipinski definition) is 3. The summed E-state index contributed by atoms with van der Waals surface area (Å²) in [5.74, 6) is 1.85. The van der Waals surface area contributed by atoms with Crippen molar-refractivity contribution in [3.8, 4) is 0 Å². The molecule has 1 aromatic carbocycles. The van der Waals surface area contributed by atoms with Crippen LogP contribution in [0.5, 0.6) is 0 Å². The van der Waals surface area contributed by atoms with E-state index in [9.17, 15) is 13.2 Å². The molecule has 2 N–H and O–H groups in total. The van der Waals surface area contributed by atoms with E-state index >= 15 is 0 Å². The largest absolute Gasteiger partial charge is 0.357 e. The summed E-state index contributed by atoms with van der Waals surface area (Å²) in [5.41, 5.74) is 3.97. The van der Waals surface area contributed by atoms with E-state index in [4.69, 9.17) is 4.55 Å². The number of carbonyl (C=O) groups excluding carboxylic acids is 1. The molecule has 146 valence electrons. The summed E-state index contributed by atoms with van der Waals surface area (Å²) in [7, 11) is -4.25. The van der Waals surface area contributed by atoms with Crippen LogP contribution >= 0.6 is 0 Å². The number of aryl methyl sites for hydroxylation is 1. The van der Waals surface area contributed by atoms with Gasteiger partial charge in [-0.25, -0.2) is 0 Å². The molecule has 0 bridgehead atoms. The first kappa shape index (κ1) is 18.7. The molecular formula is C21H27NO4S. The minimum absolute atomic E-state index is 0.0121. The number of rotatable bonds is 4. The second-order valence-electron chi connectivity index (χ2n) is 8.49. The molecule has 0 spiro atoms. The molecule has 1 saturated carbocycles. The second-order valence-corrected chi connectivity index (χ2v) is 9.65. The Morgan fingerprint density at radius 2 is 2.11 bits per heavy atom. The number of carbonyl (C=O) groups is 1. The van der Waals surface area contributed by atoms with E-state index in [1.54, 1.807) is 6.07 Å². The number of ketones is 1. The molecule has 4 atom stereocenters. The van der Waals surface area contributed by atoms with Crippen molar-refractivity contribution >= 4 is 21.8 Å². The first-order chi connectivity index (χ1) is 12.7. The van der Waals surface area contributed by atoms with Gasteiger partial charge in [0.15, 0.2) is 5.78 Å². The molecule has 0 saturated heterocycles. The first-order valence-corrected chi connectivity index (χ1v) is 11.3. The zero-order valence-corrected chi connectivity index (χ0v) is 16.7. The van der Waals surface area contributed by atoms with Gasteiger partial charge in [-0.1, -0.05) is 26.0 Å². The Hall–Kier alpha value is -1.66. The van der Waals surface area contributed by atoms with Gasteiger partial charge in [0.05, 0.1) is 5.69 Å². The summed E-state index contributed by atoms with van der Waals surface area (Å²) in [5, 5.41) is 0. The Kier molecular flexibility index (Phi) is 4.47. The molecule has 5 nitrogen and oxygen atoms in total. The minimum Gasteiger partial charge on any atom is -0.295 e. The highest BCUT2D eigenvalue weighted by molar-refractivity contribution is 7.87. The fourth-order valence-electron chi connectivity index (χ4n) is 5.98. The van der Waals surface area contributed by atoms with Crippen LogP contribution in [0.1, 0.15) is 63.0 Å². The number of nitrogens with one attached hydrogen (secondary N) is 1. The lowest BCUT2D eigenvalue weighted by atomic mass is 9.54. The van der Waals surface area contributed by atoms with Crippen molar-refractivity contribution < 1.29 is 17.8 Å². The first-order valence-electron chi connectivity index (χ1n) is 9.85. The highest BCUT2D eigenvalue weighted by Gasteiger charge is 2.52. The van der Waals surface area contributed by atoms with E-state index in [1.165, 1.54) is 11.1 Å². The van der Waals surface area contributed by atoms with E-state index in [0.717, 1.165) is 37.7 Å². The molecule has 1 fully saturated rings. The third-order valence-corrected chi connectivity index (χ3v) is 7.67. The molecule has 0 amide bonds. The van der Waals surface area contributed by atoms with Gasteiger partial charge in [0.2, 0.25) is 0 Å². The lowest BCUT2D eigenvalue weighted by Crippen LogP contribution is -2.42. The quantitative estimate of drug-likeness (QED) is 0.753. The Bertz CT molecular complexity index is 920. The van der Waals surface area contributed by atoms with E-state index < -0.39 is 10.3 Å². The molecule has 0 heterocycles. The molecule has 0 radical (unpaired) electrons. The molecule has 3 unspecified atom stereocenters. The van der Waals surface area contributed by atoms with Gasteiger partial charge in [-0.05, 0) is 84.1 Å². The third-order valence-electron chi connectivity index (χ3n) is 7.18. The summed E-state index contributed by atoms with van der Waals surface area (Å²) in [6.07, 6.45) is 7.83. The molecule has 27 heavy (non-hydrogen) atoms. The molecule has 1 aromatic rings. The number of anilines is 1. The van der Waals surface area contributed by atoms with Crippen LogP contribution in [0.2, 0.25) is 0 Å². The smallest absolute Gasteiger partial charge is 0.295 e. The fraction of sp³-hybridized carbons (Fsp3) is 0.571. The maximum Gasteiger partial charge on any atom is 0.357 e. The monoisotopic (exact) mass is 389 g/mol. The molecule has 4 rings (SSSR count). The number of Topliss-reactive ketones (excluding diaryl/α,β-unsaturated/α-hetero) is 1. The lowest BCUT2D eigenvalue weighted by molar-refractivity contribution is -0.117. The van der Waals surface area contributed by atoms with Crippen molar-refractivity contribution in [3.05, 3.63) is 41.0 Å². The summed E-state index contributed by atoms with van der Waals surface area (Å²) in [6, 6.07) is 5.61. The molecule has 3 aliphatic rings.